The number of carbonyl (C=O) groups excluding carboxylic acids is 2. The Morgan fingerprint density at radius 2 is 1.89 bits per heavy atom. The molecule has 0 bridgehead atoms. The lowest BCUT2D eigenvalue weighted by atomic mass is 10.1. The fourth-order valence-electron chi connectivity index (χ4n) is 3.29. The second kappa shape index (κ2) is 8.09. The fourth-order valence-corrected chi connectivity index (χ4v) is 3.29. The quantitative estimate of drug-likeness (QED) is 0.723. The lowest BCUT2D eigenvalue weighted by molar-refractivity contribution is -0.159. The summed E-state index contributed by atoms with van der Waals surface area (Å²) in [6, 6.07) is 9.48. The molecular formula is C21H30N2O5. The molecule has 1 amide bonds. The molecule has 2 aliphatic rings. The van der Waals surface area contributed by atoms with Crippen molar-refractivity contribution in [1.29, 1.82) is 0 Å². The number of carbonyl (C=O) groups is 2. The van der Waals surface area contributed by atoms with E-state index in [9.17, 15) is 14.7 Å². The Morgan fingerprint density at radius 3 is 2.50 bits per heavy atom. The third kappa shape index (κ3) is 5.23. The van der Waals surface area contributed by atoms with E-state index < -0.39 is 23.3 Å². The van der Waals surface area contributed by atoms with Gasteiger partial charge in [0, 0.05) is 19.0 Å². The van der Waals surface area contributed by atoms with E-state index in [-0.39, 0.29) is 25.0 Å². The molecule has 7 heteroatoms. The molecule has 28 heavy (non-hydrogen) atoms. The molecule has 0 spiro atoms. The van der Waals surface area contributed by atoms with Crippen LogP contribution in [0.1, 0.15) is 39.2 Å². The van der Waals surface area contributed by atoms with Crippen molar-refractivity contribution in [3.8, 4) is 0 Å². The molecular weight excluding hydrogens is 360 g/mol. The number of nitrogens with one attached hydrogen (secondary N) is 1. The van der Waals surface area contributed by atoms with Gasteiger partial charge in [0.25, 0.3) is 0 Å². The van der Waals surface area contributed by atoms with Gasteiger partial charge in [0.15, 0.2) is 0 Å². The number of likely N-dealkylation sites (tertiary alicyclic amines) is 1. The third-order valence-electron chi connectivity index (χ3n) is 5.11. The summed E-state index contributed by atoms with van der Waals surface area (Å²) in [5.41, 5.74) is -0.253. The molecule has 1 aliphatic carbocycles. The number of ether oxygens (including phenoxy) is 2. The number of benzene rings is 1. The maximum absolute atomic E-state index is 12.4. The van der Waals surface area contributed by atoms with E-state index in [1.807, 2.05) is 51.1 Å². The number of amides is 1. The number of aliphatic hydroxyl groups excluding tert-OH is 1. The minimum atomic E-state index is -0.647. The summed E-state index contributed by atoms with van der Waals surface area (Å²) in [6.45, 7) is 6.83. The van der Waals surface area contributed by atoms with E-state index in [4.69, 9.17) is 9.47 Å². The minimum Gasteiger partial charge on any atom is -0.459 e. The molecule has 3 rings (SSSR count). The molecule has 2 atom stereocenters. The lowest BCUT2D eigenvalue weighted by Crippen LogP contribution is -2.46. The van der Waals surface area contributed by atoms with Crippen LogP contribution in [0.4, 0.5) is 4.79 Å². The van der Waals surface area contributed by atoms with Crippen molar-refractivity contribution in [2.45, 2.75) is 57.5 Å². The predicted molar refractivity (Wildman–Crippen MR) is 104 cm³/mol. The van der Waals surface area contributed by atoms with E-state index in [2.05, 4.69) is 5.32 Å². The third-order valence-corrected chi connectivity index (χ3v) is 5.11. The van der Waals surface area contributed by atoms with Crippen LogP contribution in [-0.4, -0.2) is 58.9 Å². The minimum absolute atomic E-state index is 0.149. The van der Waals surface area contributed by atoms with Gasteiger partial charge in [-0.05, 0) is 39.2 Å². The summed E-state index contributed by atoms with van der Waals surface area (Å²) in [5.74, 6) is -0.393. The number of rotatable bonds is 6. The average Bonchev–Trinajstić information content (AvgIpc) is 3.34. The Kier molecular flexibility index (Phi) is 5.95. The van der Waals surface area contributed by atoms with Crippen LogP contribution in [0.5, 0.6) is 0 Å². The van der Waals surface area contributed by atoms with Crippen molar-refractivity contribution in [3.05, 3.63) is 35.9 Å². The monoisotopic (exact) mass is 390 g/mol. The van der Waals surface area contributed by atoms with Crippen LogP contribution in [0, 0.1) is 5.92 Å². The van der Waals surface area contributed by atoms with Gasteiger partial charge in [0.2, 0.25) is 0 Å². The SMILES string of the molecule is CC(C)(C)OC(=O)C1(NC[C@@H]2CN(C(=O)OCc3ccccc3)C[C@@H]2O)CC1. The van der Waals surface area contributed by atoms with Crippen LogP contribution in [0.15, 0.2) is 30.3 Å². The zero-order valence-electron chi connectivity index (χ0n) is 16.8. The van der Waals surface area contributed by atoms with Gasteiger partial charge in [0.05, 0.1) is 12.6 Å². The second-order valence-electron chi connectivity index (χ2n) is 8.74. The number of hydrogen-bond donors (Lipinski definition) is 2. The number of nitrogens with zero attached hydrogens (tertiary/aromatic N) is 1. The zero-order chi connectivity index (χ0) is 20.4. The van der Waals surface area contributed by atoms with E-state index >= 15 is 0 Å². The van der Waals surface area contributed by atoms with Crippen molar-refractivity contribution in [3.63, 3.8) is 0 Å². The Morgan fingerprint density at radius 1 is 1.21 bits per heavy atom. The fraction of sp³-hybridized carbons (Fsp3) is 0.619. The smallest absolute Gasteiger partial charge is 0.410 e. The number of aliphatic hydroxyl groups is 1. The molecule has 1 saturated carbocycles. The van der Waals surface area contributed by atoms with Gasteiger partial charge in [-0.3, -0.25) is 4.79 Å². The highest BCUT2D eigenvalue weighted by molar-refractivity contribution is 5.84. The van der Waals surface area contributed by atoms with Crippen LogP contribution in [0.2, 0.25) is 0 Å². The molecule has 2 N–H and O–H groups in total. The van der Waals surface area contributed by atoms with Crippen LogP contribution < -0.4 is 5.32 Å². The van der Waals surface area contributed by atoms with Gasteiger partial charge < -0.3 is 24.8 Å². The van der Waals surface area contributed by atoms with Crippen molar-refractivity contribution < 1.29 is 24.2 Å². The van der Waals surface area contributed by atoms with Gasteiger partial charge >= 0.3 is 12.1 Å². The van der Waals surface area contributed by atoms with Gasteiger partial charge in [-0.1, -0.05) is 30.3 Å². The molecule has 1 saturated heterocycles. The second-order valence-corrected chi connectivity index (χ2v) is 8.74. The molecule has 1 aliphatic heterocycles. The molecule has 154 valence electrons. The van der Waals surface area contributed by atoms with E-state index in [1.165, 1.54) is 4.90 Å². The van der Waals surface area contributed by atoms with Crippen molar-refractivity contribution in [2.24, 2.45) is 5.92 Å². The number of β-amino-alcohol motifs (C(OH)–C–C–N with tert-alkyl or cyclic N) is 1. The van der Waals surface area contributed by atoms with Gasteiger partial charge in [-0.25, -0.2) is 4.79 Å². The molecule has 0 unspecified atom stereocenters. The molecule has 1 aromatic carbocycles. The molecule has 1 aromatic rings. The van der Waals surface area contributed by atoms with Gasteiger partial charge in [-0.2, -0.15) is 0 Å². The van der Waals surface area contributed by atoms with E-state index in [0.29, 0.717) is 13.1 Å². The Labute approximate surface area is 166 Å². The molecule has 1 heterocycles. The highest BCUT2D eigenvalue weighted by Crippen LogP contribution is 2.38. The van der Waals surface area contributed by atoms with Crippen LogP contribution in [0.3, 0.4) is 0 Å². The molecule has 2 fully saturated rings. The predicted octanol–water partition coefficient (Wildman–Crippen LogP) is 2.08. The van der Waals surface area contributed by atoms with Gasteiger partial charge in [-0.15, -0.1) is 0 Å². The van der Waals surface area contributed by atoms with Crippen LogP contribution in [0.25, 0.3) is 0 Å². The topological polar surface area (TPSA) is 88.1 Å². The Bertz CT molecular complexity index is 696. The molecule has 0 radical (unpaired) electrons. The van der Waals surface area contributed by atoms with Crippen molar-refractivity contribution >= 4 is 12.1 Å². The average molecular weight is 390 g/mol. The normalized spacial score (nSPS) is 23.4. The van der Waals surface area contributed by atoms with Crippen LogP contribution >= 0.6 is 0 Å². The van der Waals surface area contributed by atoms with Crippen LogP contribution in [-0.2, 0) is 20.9 Å². The van der Waals surface area contributed by atoms with E-state index in [1.54, 1.807) is 0 Å². The first kappa shape index (κ1) is 20.6. The highest BCUT2D eigenvalue weighted by Gasteiger charge is 2.52. The Hall–Kier alpha value is -2.12. The summed E-state index contributed by atoms with van der Waals surface area (Å²) in [4.78, 5) is 26.2. The number of esters is 1. The highest BCUT2D eigenvalue weighted by atomic mass is 16.6. The molecule has 0 aromatic heterocycles. The van der Waals surface area contributed by atoms with Gasteiger partial charge in [0.1, 0.15) is 17.7 Å². The maximum atomic E-state index is 12.4. The zero-order valence-corrected chi connectivity index (χ0v) is 16.8. The first-order valence-corrected chi connectivity index (χ1v) is 9.81. The first-order chi connectivity index (χ1) is 13.2. The maximum Gasteiger partial charge on any atom is 0.410 e. The Balaban J connectivity index is 1.46. The summed E-state index contributed by atoms with van der Waals surface area (Å²) < 4.78 is 10.8. The number of hydrogen-bond acceptors (Lipinski definition) is 6. The molecule has 7 nitrogen and oxygen atoms in total. The lowest BCUT2D eigenvalue weighted by Gasteiger charge is -2.25. The standard InChI is InChI=1S/C21H30N2O5/c1-20(2,3)28-18(25)21(9-10-21)22-11-16-12-23(13-17(16)24)19(26)27-14-15-7-5-4-6-8-15/h4-8,16-17,22,24H,9-14H2,1-3H3/t16-,17+/m1/s1. The summed E-state index contributed by atoms with van der Waals surface area (Å²) in [7, 11) is 0. The summed E-state index contributed by atoms with van der Waals surface area (Å²) in [6.07, 6.45) is 0.381. The largest absolute Gasteiger partial charge is 0.459 e. The first-order valence-electron chi connectivity index (χ1n) is 9.81. The summed E-state index contributed by atoms with van der Waals surface area (Å²) in [5, 5.41) is 13.6. The summed E-state index contributed by atoms with van der Waals surface area (Å²) >= 11 is 0. The van der Waals surface area contributed by atoms with Crippen molar-refractivity contribution in [1.82, 2.24) is 10.2 Å². The van der Waals surface area contributed by atoms with E-state index in [0.717, 1.165) is 18.4 Å². The van der Waals surface area contributed by atoms with Crippen molar-refractivity contribution in [2.75, 3.05) is 19.6 Å².